The molecule has 0 unspecified atom stereocenters. The third kappa shape index (κ3) is 4.53. The number of amides is 1. The first-order valence-electron chi connectivity index (χ1n) is 5.61. The van der Waals surface area contributed by atoms with Crippen LogP contribution in [0.4, 0.5) is 0 Å². The lowest BCUT2D eigenvalue weighted by Crippen LogP contribution is -2.35. The Morgan fingerprint density at radius 3 is 2.55 bits per heavy atom. The molecule has 20 heavy (non-hydrogen) atoms. The fourth-order valence-corrected chi connectivity index (χ4v) is 2.01. The highest BCUT2D eigenvalue weighted by atomic mass is 79.9. The smallest absolute Gasteiger partial charge is 0.338 e. The standard InChI is InChI=1S/C13H13BrN2O4/c1-8(18)15-16-10(7-17)5-9-3-4-11(12(14)6-9)13(19)20-2/h3-4,6,16H,5H2,1-2H3,(H,15,18). The first-order valence-corrected chi connectivity index (χ1v) is 6.40. The average molecular weight is 341 g/mol. The molecule has 106 valence electrons. The van der Waals surface area contributed by atoms with Crippen molar-refractivity contribution >= 4 is 33.7 Å². The molecule has 2 N–H and O–H groups in total. The van der Waals surface area contributed by atoms with Crippen LogP contribution in [-0.2, 0) is 20.7 Å². The zero-order valence-corrected chi connectivity index (χ0v) is 12.5. The number of allylic oxidation sites excluding steroid dienone is 1. The number of hydrazine groups is 1. The van der Waals surface area contributed by atoms with Gasteiger partial charge in [-0.25, -0.2) is 9.59 Å². The van der Waals surface area contributed by atoms with Gasteiger partial charge in [0.05, 0.1) is 12.7 Å². The number of halogens is 1. The molecule has 1 rings (SSSR count). The highest BCUT2D eigenvalue weighted by Crippen LogP contribution is 2.20. The summed E-state index contributed by atoms with van der Waals surface area (Å²) in [5.41, 5.74) is 6.10. The summed E-state index contributed by atoms with van der Waals surface area (Å²) in [6.45, 7) is 1.32. The molecule has 0 heterocycles. The minimum Gasteiger partial charge on any atom is -0.465 e. The molecule has 0 aliphatic heterocycles. The minimum absolute atomic E-state index is 0.179. The first-order chi connectivity index (χ1) is 9.47. The van der Waals surface area contributed by atoms with Gasteiger partial charge in [-0.1, -0.05) is 6.07 Å². The summed E-state index contributed by atoms with van der Waals surface area (Å²) < 4.78 is 5.19. The van der Waals surface area contributed by atoms with Crippen LogP contribution in [0.2, 0.25) is 0 Å². The second-order valence-electron chi connectivity index (χ2n) is 3.87. The molecule has 0 spiro atoms. The quantitative estimate of drug-likeness (QED) is 0.477. The van der Waals surface area contributed by atoms with Gasteiger partial charge in [0, 0.05) is 17.8 Å². The monoisotopic (exact) mass is 340 g/mol. The number of ether oxygens (including phenoxy) is 1. The summed E-state index contributed by atoms with van der Waals surface area (Å²) in [5, 5.41) is 0. The summed E-state index contributed by atoms with van der Waals surface area (Å²) in [6.07, 6.45) is 0.240. The normalized spacial score (nSPS) is 9.35. The lowest BCUT2D eigenvalue weighted by atomic mass is 10.1. The molecule has 0 radical (unpaired) electrons. The van der Waals surface area contributed by atoms with Crippen LogP contribution in [0.15, 0.2) is 28.4 Å². The Morgan fingerprint density at radius 1 is 1.35 bits per heavy atom. The Labute approximate surface area is 124 Å². The third-order valence-electron chi connectivity index (χ3n) is 2.33. The summed E-state index contributed by atoms with van der Waals surface area (Å²) in [4.78, 5) is 32.9. The van der Waals surface area contributed by atoms with E-state index in [1.807, 2.05) is 0 Å². The average Bonchev–Trinajstić information content (AvgIpc) is 2.42. The topological polar surface area (TPSA) is 84.5 Å². The Morgan fingerprint density at radius 2 is 2.05 bits per heavy atom. The van der Waals surface area contributed by atoms with Crippen LogP contribution in [0, 0.1) is 0 Å². The van der Waals surface area contributed by atoms with Gasteiger partial charge < -0.3 is 4.74 Å². The molecule has 0 saturated carbocycles. The van der Waals surface area contributed by atoms with Crippen LogP contribution in [0.3, 0.4) is 0 Å². The van der Waals surface area contributed by atoms with Crippen molar-refractivity contribution in [3.8, 4) is 0 Å². The van der Waals surface area contributed by atoms with Crippen molar-refractivity contribution in [1.29, 1.82) is 0 Å². The van der Waals surface area contributed by atoms with Crippen LogP contribution in [0.5, 0.6) is 0 Å². The van der Waals surface area contributed by atoms with E-state index in [-0.39, 0.29) is 18.0 Å². The van der Waals surface area contributed by atoms with E-state index in [4.69, 9.17) is 0 Å². The second kappa shape index (κ2) is 7.47. The van der Waals surface area contributed by atoms with Crippen LogP contribution in [-0.4, -0.2) is 24.9 Å². The third-order valence-corrected chi connectivity index (χ3v) is 2.99. The second-order valence-corrected chi connectivity index (χ2v) is 4.72. The summed E-state index contributed by atoms with van der Waals surface area (Å²) >= 11 is 3.26. The van der Waals surface area contributed by atoms with E-state index in [1.165, 1.54) is 14.0 Å². The van der Waals surface area contributed by atoms with E-state index in [9.17, 15) is 14.4 Å². The van der Waals surface area contributed by atoms with Crippen LogP contribution in [0.25, 0.3) is 0 Å². The van der Waals surface area contributed by atoms with Crippen molar-refractivity contribution in [2.45, 2.75) is 13.3 Å². The Bertz CT molecular complexity index is 580. The van der Waals surface area contributed by atoms with Gasteiger partial charge >= 0.3 is 5.97 Å². The molecule has 0 aliphatic carbocycles. The molecule has 1 amide bonds. The number of hydrogen-bond donors (Lipinski definition) is 2. The molecule has 0 saturated heterocycles. The number of rotatable bonds is 5. The molecular weight excluding hydrogens is 328 g/mol. The summed E-state index contributed by atoms with van der Waals surface area (Å²) in [6, 6.07) is 4.97. The fourth-order valence-electron chi connectivity index (χ4n) is 1.42. The molecule has 0 aromatic heterocycles. The van der Waals surface area contributed by atoms with Crippen LogP contribution >= 0.6 is 15.9 Å². The largest absolute Gasteiger partial charge is 0.465 e. The van der Waals surface area contributed by atoms with Crippen molar-refractivity contribution < 1.29 is 19.1 Å². The van der Waals surface area contributed by atoms with Gasteiger partial charge in [-0.05, 0) is 33.6 Å². The highest BCUT2D eigenvalue weighted by Gasteiger charge is 2.11. The summed E-state index contributed by atoms with van der Waals surface area (Å²) in [5.74, 6) is 0.936. The van der Waals surface area contributed by atoms with Gasteiger partial charge in [0.25, 0.3) is 0 Å². The maximum atomic E-state index is 11.4. The van der Waals surface area contributed by atoms with E-state index in [0.717, 1.165) is 5.56 Å². The molecule has 0 fully saturated rings. The van der Waals surface area contributed by atoms with E-state index in [2.05, 4.69) is 31.5 Å². The van der Waals surface area contributed by atoms with Crippen molar-refractivity contribution in [1.82, 2.24) is 10.9 Å². The van der Waals surface area contributed by atoms with Crippen molar-refractivity contribution in [2.24, 2.45) is 0 Å². The first kappa shape index (κ1) is 15.9. The maximum absolute atomic E-state index is 11.4. The van der Waals surface area contributed by atoms with E-state index in [0.29, 0.717) is 10.0 Å². The van der Waals surface area contributed by atoms with Crippen LogP contribution < -0.4 is 10.9 Å². The highest BCUT2D eigenvalue weighted by molar-refractivity contribution is 9.10. The number of methoxy groups -OCH3 is 1. The molecule has 0 atom stereocenters. The molecule has 0 bridgehead atoms. The van der Waals surface area contributed by atoms with Gasteiger partial charge in [-0.2, -0.15) is 0 Å². The van der Waals surface area contributed by atoms with Crippen molar-refractivity contribution in [3.63, 3.8) is 0 Å². The maximum Gasteiger partial charge on any atom is 0.338 e. The zero-order valence-electron chi connectivity index (χ0n) is 11.0. The van der Waals surface area contributed by atoms with Crippen molar-refractivity contribution in [3.05, 3.63) is 39.5 Å². The molecule has 6 nitrogen and oxygen atoms in total. The number of esters is 1. The fraction of sp³-hybridized carbons (Fsp3) is 0.231. The predicted octanol–water partition coefficient (Wildman–Crippen LogP) is 1.13. The molecule has 1 aromatic rings. The van der Waals surface area contributed by atoms with Gasteiger partial charge in [0.1, 0.15) is 11.6 Å². The van der Waals surface area contributed by atoms with Gasteiger partial charge in [0.2, 0.25) is 5.91 Å². The predicted molar refractivity (Wildman–Crippen MR) is 75.3 cm³/mol. The van der Waals surface area contributed by atoms with Crippen LogP contribution in [0.1, 0.15) is 22.8 Å². The Balaban J connectivity index is 2.83. The van der Waals surface area contributed by atoms with E-state index in [1.54, 1.807) is 24.1 Å². The van der Waals surface area contributed by atoms with E-state index < -0.39 is 5.97 Å². The number of carbonyl (C=O) groups is 2. The lowest BCUT2D eigenvalue weighted by molar-refractivity contribution is -0.119. The molecule has 1 aromatic carbocycles. The van der Waals surface area contributed by atoms with Gasteiger partial charge in [0.15, 0.2) is 0 Å². The number of carbonyl (C=O) groups excluding carboxylic acids is 3. The lowest BCUT2D eigenvalue weighted by Gasteiger charge is -2.09. The van der Waals surface area contributed by atoms with E-state index >= 15 is 0 Å². The SMILES string of the molecule is COC(=O)c1ccc(CC(=C=O)NNC(C)=O)cc1Br. The number of hydrogen-bond acceptors (Lipinski definition) is 5. The Kier molecular flexibility index (Phi) is 5.96. The molecule has 7 heteroatoms. The zero-order chi connectivity index (χ0) is 15.1. The van der Waals surface area contributed by atoms with Crippen molar-refractivity contribution in [2.75, 3.05) is 7.11 Å². The minimum atomic E-state index is -0.453. The van der Waals surface area contributed by atoms with Gasteiger partial charge in [-0.15, -0.1) is 0 Å². The van der Waals surface area contributed by atoms with Gasteiger partial charge in [-0.3, -0.25) is 15.6 Å². The number of benzene rings is 1. The Hall–Kier alpha value is -2.11. The molecular formula is C13H13BrN2O4. The number of nitrogens with one attached hydrogen (secondary N) is 2. The molecule has 0 aliphatic rings. The summed E-state index contributed by atoms with van der Waals surface area (Å²) in [7, 11) is 1.30.